The molecule has 0 aliphatic carbocycles. The number of ether oxygens (including phenoxy) is 2. The second kappa shape index (κ2) is 12.6. The van der Waals surface area contributed by atoms with E-state index >= 15 is 0 Å². The van der Waals surface area contributed by atoms with Gasteiger partial charge >= 0.3 is 6.03 Å². The van der Waals surface area contributed by atoms with Crippen molar-refractivity contribution in [2.24, 2.45) is 5.73 Å². The summed E-state index contributed by atoms with van der Waals surface area (Å²) in [7, 11) is 0. The first-order valence-electron chi connectivity index (χ1n) is 12.2. The topological polar surface area (TPSA) is 109 Å². The molecule has 0 bridgehead atoms. The number of benzene rings is 3. The van der Waals surface area contributed by atoms with Crippen LogP contribution in [0.15, 0.2) is 72.8 Å². The molecule has 0 atom stereocenters. The zero-order valence-electron chi connectivity index (χ0n) is 21.3. The zero-order chi connectivity index (χ0) is 26.0. The number of nitrogen functional groups attached to an aromatic ring is 1. The summed E-state index contributed by atoms with van der Waals surface area (Å²) in [5.74, 6) is 1.52. The van der Waals surface area contributed by atoms with Gasteiger partial charge in [0.15, 0.2) is 0 Å². The van der Waals surface area contributed by atoms with Gasteiger partial charge < -0.3 is 25.8 Å². The van der Waals surface area contributed by atoms with E-state index in [1.807, 2.05) is 68.4 Å². The summed E-state index contributed by atoms with van der Waals surface area (Å²) in [5.41, 5.74) is 8.73. The van der Waals surface area contributed by atoms with Crippen LogP contribution >= 0.6 is 0 Å². The van der Waals surface area contributed by atoms with E-state index in [2.05, 4.69) is 23.6 Å². The number of urea groups is 1. The highest BCUT2D eigenvalue weighted by molar-refractivity contribution is 5.94. The minimum absolute atomic E-state index is 0.0366. The van der Waals surface area contributed by atoms with E-state index in [1.54, 1.807) is 12.1 Å². The monoisotopic (exact) mass is 488 g/mol. The number of amides is 2. The molecule has 0 unspecified atom stereocenters. The third-order valence-corrected chi connectivity index (χ3v) is 5.79. The summed E-state index contributed by atoms with van der Waals surface area (Å²) in [6.07, 6.45) is 2.01. The minimum atomic E-state index is -0.504. The predicted octanol–water partition coefficient (Wildman–Crippen LogP) is 5.46. The van der Waals surface area contributed by atoms with Gasteiger partial charge in [0.1, 0.15) is 30.5 Å². The fraction of sp³-hybridized carbons (Fsp3) is 0.310. The SMILES string of the molecule is CCCCNC(=O)NC(C)(C)c1ccc(OCc2cccc(COc3ccc(C(=N)N)cc3)c2)cc1. The van der Waals surface area contributed by atoms with Gasteiger partial charge in [-0.2, -0.15) is 0 Å². The predicted molar refractivity (Wildman–Crippen MR) is 143 cm³/mol. The van der Waals surface area contributed by atoms with Crippen LogP contribution in [-0.2, 0) is 18.8 Å². The van der Waals surface area contributed by atoms with Crippen molar-refractivity contribution in [3.63, 3.8) is 0 Å². The Bertz CT molecular complexity index is 1140. The maximum atomic E-state index is 12.2. The standard InChI is InChI=1S/C29H36N4O3/c1-4-5-17-32-28(34)33-29(2,3)24-11-15-26(16-12-24)36-20-22-8-6-7-21(18-22)19-35-25-13-9-23(10-14-25)27(30)31/h6-16,18H,4-5,17,19-20H2,1-3H3,(H3,30,31)(H2,32,33,34). The third kappa shape index (κ3) is 8.05. The largest absolute Gasteiger partial charge is 0.489 e. The first kappa shape index (κ1) is 26.6. The Morgan fingerprint density at radius 2 is 1.47 bits per heavy atom. The molecule has 0 aromatic heterocycles. The first-order chi connectivity index (χ1) is 17.3. The smallest absolute Gasteiger partial charge is 0.315 e. The summed E-state index contributed by atoms with van der Waals surface area (Å²) >= 11 is 0. The Kier molecular flexibility index (Phi) is 9.33. The van der Waals surface area contributed by atoms with Crippen molar-refractivity contribution in [1.29, 1.82) is 5.41 Å². The summed E-state index contributed by atoms with van der Waals surface area (Å²) in [6.45, 7) is 7.59. The minimum Gasteiger partial charge on any atom is -0.489 e. The van der Waals surface area contributed by atoms with E-state index < -0.39 is 5.54 Å². The molecule has 2 amide bonds. The molecule has 3 rings (SSSR count). The van der Waals surface area contributed by atoms with E-state index in [1.165, 1.54) is 0 Å². The highest BCUT2D eigenvalue weighted by Crippen LogP contribution is 2.23. The lowest BCUT2D eigenvalue weighted by Crippen LogP contribution is -2.46. The van der Waals surface area contributed by atoms with Crippen LogP contribution in [0.1, 0.15) is 55.9 Å². The molecule has 0 spiro atoms. The molecule has 0 heterocycles. The van der Waals surface area contributed by atoms with Crippen molar-refractivity contribution in [3.8, 4) is 11.5 Å². The van der Waals surface area contributed by atoms with Gasteiger partial charge in [0, 0.05) is 12.1 Å². The Morgan fingerprint density at radius 3 is 2.00 bits per heavy atom. The van der Waals surface area contributed by atoms with Crippen LogP contribution in [-0.4, -0.2) is 18.4 Å². The lowest BCUT2D eigenvalue weighted by atomic mass is 9.94. The Balaban J connectivity index is 1.51. The van der Waals surface area contributed by atoms with Gasteiger partial charge in [-0.05, 0) is 79.4 Å². The fourth-order valence-corrected chi connectivity index (χ4v) is 3.62. The molecule has 0 aliphatic heterocycles. The number of amidine groups is 1. The number of hydrogen-bond acceptors (Lipinski definition) is 4. The van der Waals surface area contributed by atoms with Crippen molar-refractivity contribution in [1.82, 2.24) is 10.6 Å². The van der Waals surface area contributed by atoms with Crippen LogP contribution in [0.2, 0.25) is 0 Å². The Hall–Kier alpha value is -4.00. The highest BCUT2D eigenvalue weighted by atomic mass is 16.5. The molecular weight excluding hydrogens is 452 g/mol. The molecule has 3 aromatic carbocycles. The summed E-state index contributed by atoms with van der Waals surface area (Å²) in [6, 6.07) is 22.9. The van der Waals surface area contributed by atoms with Crippen LogP contribution in [0.3, 0.4) is 0 Å². The number of hydrogen-bond donors (Lipinski definition) is 4. The number of nitrogens with two attached hydrogens (primary N) is 1. The second-order valence-corrected chi connectivity index (χ2v) is 9.22. The maximum Gasteiger partial charge on any atom is 0.315 e. The average molecular weight is 489 g/mol. The summed E-state index contributed by atoms with van der Waals surface area (Å²) < 4.78 is 11.8. The van der Waals surface area contributed by atoms with Gasteiger partial charge in [-0.1, -0.05) is 43.7 Å². The van der Waals surface area contributed by atoms with Crippen LogP contribution in [0.5, 0.6) is 11.5 Å². The molecule has 190 valence electrons. The first-order valence-corrected chi connectivity index (χ1v) is 12.2. The van der Waals surface area contributed by atoms with Gasteiger partial charge in [0.2, 0.25) is 0 Å². The van der Waals surface area contributed by atoms with Crippen LogP contribution in [0.25, 0.3) is 0 Å². The molecule has 7 heteroatoms. The molecule has 36 heavy (non-hydrogen) atoms. The van der Waals surface area contributed by atoms with Gasteiger partial charge in [-0.15, -0.1) is 0 Å². The third-order valence-electron chi connectivity index (χ3n) is 5.79. The molecule has 0 aliphatic rings. The molecule has 0 radical (unpaired) electrons. The molecule has 7 nitrogen and oxygen atoms in total. The lowest BCUT2D eigenvalue weighted by molar-refractivity contribution is 0.230. The van der Waals surface area contributed by atoms with E-state index in [4.69, 9.17) is 20.6 Å². The number of rotatable bonds is 12. The fourth-order valence-electron chi connectivity index (χ4n) is 3.62. The number of unbranched alkanes of at least 4 members (excludes halogenated alkanes) is 1. The van der Waals surface area contributed by atoms with E-state index in [-0.39, 0.29) is 11.9 Å². The maximum absolute atomic E-state index is 12.2. The molecule has 0 saturated carbocycles. The molecule has 0 fully saturated rings. The number of carbonyl (C=O) groups excluding carboxylic acids is 1. The van der Waals surface area contributed by atoms with E-state index in [0.29, 0.717) is 25.3 Å². The highest BCUT2D eigenvalue weighted by Gasteiger charge is 2.22. The Morgan fingerprint density at radius 1 is 0.917 bits per heavy atom. The van der Waals surface area contributed by atoms with Gasteiger partial charge in [-0.3, -0.25) is 5.41 Å². The van der Waals surface area contributed by atoms with Crippen molar-refractivity contribution in [3.05, 3.63) is 95.1 Å². The van der Waals surface area contributed by atoms with Crippen LogP contribution < -0.4 is 25.8 Å². The quantitative estimate of drug-likeness (QED) is 0.154. The van der Waals surface area contributed by atoms with Crippen molar-refractivity contribution >= 4 is 11.9 Å². The molecule has 0 saturated heterocycles. The molecule has 5 N–H and O–H groups in total. The number of carbonyl (C=O) groups is 1. The van der Waals surface area contributed by atoms with E-state index in [9.17, 15) is 4.79 Å². The van der Waals surface area contributed by atoms with Gasteiger partial charge in [0.25, 0.3) is 0 Å². The van der Waals surface area contributed by atoms with Crippen LogP contribution in [0, 0.1) is 5.41 Å². The molecule has 3 aromatic rings. The van der Waals surface area contributed by atoms with E-state index in [0.717, 1.165) is 41.0 Å². The summed E-state index contributed by atoms with van der Waals surface area (Å²) in [5, 5.41) is 13.4. The van der Waals surface area contributed by atoms with Crippen LogP contribution in [0.4, 0.5) is 4.79 Å². The second-order valence-electron chi connectivity index (χ2n) is 9.22. The normalized spacial score (nSPS) is 11.0. The molecular formula is C29H36N4O3. The number of nitrogens with one attached hydrogen (secondary N) is 3. The van der Waals surface area contributed by atoms with Crippen molar-refractivity contribution in [2.75, 3.05) is 6.54 Å². The van der Waals surface area contributed by atoms with Crippen molar-refractivity contribution < 1.29 is 14.3 Å². The lowest BCUT2D eigenvalue weighted by Gasteiger charge is -2.27. The average Bonchev–Trinajstić information content (AvgIpc) is 2.87. The van der Waals surface area contributed by atoms with Gasteiger partial charge in [-0.25, -0.2) is 4.79 Å². The van der Waals surface area contributed by atoms with Crippen molar-refractivity contribution in [2.45, 2.75) is 52.4 Å². The zero-order valence-corrected chi connectivity index (χ0v) is 21.3. The van der Waals surface area contributed by atoms with Gasteiger partial charge in [0.05, 0.1) is 5.54 Å². The summed E-state index contributed by atoms with van der Waals surface area (Å²) in [4.78, 5) is 12.2. The Labute approximate surface area is 213 Å².